The first-order valence-electron chi connectivity index (χ1n) is 6.72. The number of nitrogens with zero attached hydrogens (tertiary/aromatic N) is 2. The molecule has 6 nitrogen and oxygen atoms in total. The molecule has 0 aromatic carbocycles. The van der Waals surface area contributed by atoms with E-state index in [4.69, 9.17) is 4.74 Å². The monoisotopic (exact) mass is 318 g/mol. The molecule has 1 fully saturated rings. The zero-order chi connectivity index (χ0) is 16.2. The number of ether oxygens (including phenoxy) is 1. The third-order valence-corrected chi connectivity index (χ3v) is 3.21. The van der Waals surface area contributed by atoms with Gasteiger partial charge in [0.2, 0.25) is 5.88 Å². The lowest BCUT2D eigenvalue weighted by Crippen LogP contribution is -2.41. The summed E-state index contributed by atoms with van der Waals surface area (Å²) >= 11 is 0. The fraction of sp³-hybridized carbons (Fsp3) is 0.538. The quantitative estimate of drug-likeness (QED) is 0.889. The van der Waals surface area contributed by atoms with Gasteiger partial charge in [-0.05, 0) is 12.5 Å². The molecule has 1 aromatic heterocycles. The first-order chi connectivity index (χ1) is 10.4. The van der Waals surface area contributed by atoms with Gasteiger partial charge in [0, 0.05) is 25.2 Å². The number of urea groups is 1. The van der Waals surface area contributed by atoms with E-state index < -0.39 is 18.8 Å². The normalized spacial score (nSPS) is 19.0. The second-order valence-corrected chi connectivity index (χ2v) is 5.02. The van der Waals surface area contributed by atoms with Gasteiger partial charge in [-0.15, -0.1) is 0 Å². The molecule has 0 radical (unpaired) electrons. The minimum Gasteiger partial charge on any atom is -0.481 e. The number of rotatable bonds is 4. The minimum atomic E-state index is -4.22. The third kappa shape index (κ3) is 5.06. The van der Waals surface area contributed by atoms with Crippen LogP contribution in [0.25, 0.3) is 0 Å². The number of halogens is 3. The highest BCUT2D eigenvalue weighted by Gasteiger charge is 2.34. The summed E-state index contributed by atoms with van der Waals surface area (Å²) in [5, 5.41) is 5.23. The van der Waals surface area contributed by atoms with Crippen LogP contribution in [0.3, 0.4) is 0 Å². The lowest BCUT2D eigenvalue weighted by atomic mass is 10.3. The van der Waals surface area contributed by atoms with Crippen molar-refractivity contribution in [2.45, 2.75) is 18.6 Å². The number of pyridine rings is 1. The van der Waals surface area contributed by atoms with Crippen LogP contribution >= 0.6 is 0 Å². The van der Waals surface area contributed by atoms with E-state index in [1.165, 1.54) is 18.2 Å². The summed E-state index contributed by atoms with van der Waals surface area (Å²) in [5.41, 5.74) is 0.475. The second-order valence-electron chi connectivity index (χ2n) is 5.02. The van der Waals surface area contributed by atoms with Gasteiger partial charge in [0.25, 0.3) is 0 Å². The standard InChI is InChI=1S/C13H17F3N4O2/c1-22-11-3-2-9(6-17-11)18-12(21)19-10-4-5-20(7-10)8-13(14,15)16/h2-3,6,10H,4-5,7-8H2,1H3,(H2,18,19,21)/t10-/m1/s1. The molecule has 1 aliphatic heterocycles. The van der Waals surface area contributed by atoms with Crippen molar-refractivity contribution in [3.63, 3.8) is 0 Å². The lowest BCUT2D eigenvalue weighted by molar-refractivity contribution is -0.143. The Morgan fingerprint density at radius 3 is 2.86 bits per heavy atom. The van der Waals surface area contributed by atoms with Crippen LogP contribution in [0.15, 0.2) is 18.3 Å². The largest absolute Gasteiger partial charge is 0.481 e. The van der Waals surface area contributed by atoms with E-state index in [-0.39, 0.29) is 12.6 Å². The first-order valence-corrected chi connectivity index (χ1v) is 6.72. The fourth-order valence-electron chi connectivity index (χ4n) is 2.28. The van der Waals surface area contributed by atoms with Gasteiger partial charge in [0.05, 0.1) is 25.5 Å². The van der Waals surface area contributed by atoms with Crippen molar-refractivity contribution < 1.29 is 22.7 Å². The summed E-state index contributed by atoms with van der Waals surface area (Å²) in [5.74, 6) is 0.421. The molecule has 2 N–H and O–H groups in total. The van der Waals surface area contributed by atoms with Gasteiger partial charge in [0.1, 0.15) is 0 Å². The number of nitrogens with one attached hydrogen (secondary N) is 2. The number of alkyl halides is 3. The molecule has 1 atom stereocenters. The van der Waals surface area contributed by atoms with Crippen LogP contribution in [0.1, 0.15) is 6.42 Å². The van der Waals surface area contributed by atoms with Gasteiger partial charge in [-0.3, -0.25) is 4.90 Å². The topological polar surface area (TPSA) is 66.5 Å². The molecular weight excluding hydrogens is 301 g/mol. The number of carbonyl (C=O) groups is 1. The fourth-order valence-corrected chi connectivity index (χ4v) is 2.28. The number of hydrogen-bond acceptors (Lipinski definition) is 4. The molecule has 0 aliphatic carbocycles. The Morgan fingerprint density at radius 2 is 2.27 bits per heavy atom. The van der Waals surface area contributed by atoms with E-state index in [1.54, 1.807) is 12.1 Å². The molecule has 2 rings (SSSR count). The first kappa shape index (κ1) is 16.3. The average Bonchev–Trinajstić information content (AvgIpc) is 2.84. The van der Waals surface area contributed by atoms with Crippen molar-refractivity contribution in [3.05, 3.63) is 18.3 Å². The maximum absolute atomic E-state index is 12.3. The Kier molecular flexibility index (Phi) is 5.07. The predicted molar refractivity (Wildman–Crippen MR) is 73.8 cm³/mol. The van der Waals surface area contributed by atoms with E-state index in [0.29, 0.717) is 24.5 Å². The zero-order valence-electron chi connectivity index (χ0n) is 12.0. The molecule has 2 amide bonds. The molecule has 2 heterocycles. The number of carbonyl (C=O) groups excluding carboxylic acids is 1. The van der Waals surface area contributed by atoms with E-state index in [1.807, 2.05) is 0 Å². The van der Waals surface area contributed by atoms with E-state index in [2.05, 4.69) is 15.6 Å². The number of likely N-dealkylation sites (tertiary alicyclic amines) is 1. The zero-order valence-corrected chi connectivity index (χ0v) is 12.0. The van der Waals surface area contributed by atoms with Gasteiger partial charge in [-0.25, -0.2) is 9.78 Å². The van der Waals surface area contributed by atoms with Gasteiger partial charge >= 0.3 is 12.2 Å². The number of anilines is 1. The van der Waals surface area contributed by atoms with Gasteiger partial charge in [-0.1, -0.05) is 0 Å². The summed E-state index contributed by atoms with van der Waals surface area (Å²) in [4.78, 5) is 17.0. The summed E-state index contributed by atoms with van der Waals surface area (Å²) < 4.78 is 41.8. The SMILES string of the molecule is COc1ccc(NC(=O)N[C@@H]2CCN(CC(F)(F)F)C2)cn1. The van der Waals surface area contributed by atoms with E-state index in [0.717, 1.165) is 0 Å². The van der Waals surface area contributed by atoms with Crippen LogP contribution in [0.2, 0.25) is 0 Å². The maximum atomic E-state index is 12.3. The van der Waals surface area contributed by atoms with Gasteiger partial charge in [-0.2, -0.15) is 13.2 Å². The van der Waals surface area contributed by atoms with Crippen molar-refractivity contribution in [2.75, 3.05) is 32.1 Å². The Morgan fingerprint density at radius 1 is 1.50 bits per heavy atom. The molecule has 1 aromatic rings. The highest BCUT2D eigenvalue weighted by atomic mass is 19.4. The Balaban J connectivity index is 1.77. The third-order valence-electron chi connectivity index (χ3n) is 3.21. The Hall–Kier alpha value is -2.03. The average molecular weight is 318 g/mol. The molecule has 22 heavy (non-hydrogen) atoms. The molecule has 122 valence electrons. The van der Waals surface area contributed by atoms with Crippen molar-refractivity contribution in [1.29, 1.82) is 0 Å². The molecule has 0 saturated carbocycles. The second kappa shape index (κ2) is 6.82. The number of methoxy groups -OCH3 is 1. The minimum absolute atomic E-state index is 0.188. The highest BCUT2D eigenvalue weighted by molar-refractivity contribution is 5.89. The molecule has 0 spiro atoms. The predicted octanol–water partition coefficient (Wildman–Crippen LogP) is 1.85. The van der Waals surface area contributed by atoms with Crippen LogP contribution in [0.4, 0.5) is 23.7 Å². The summed E-state index contributed by atoms with van der Waals surface area (Å²) in [6.07, 6.45) is -2.29. The van der Waals surface area contributed by atoms with Crippen molar-refractivity contribution in [1.82, 2.24) is 15.2 Å². The summed E-state index contributed by atoms with van der Waals surface area (Å²) in [7, 11) is 1.48. The van der Waals surface area contributed by atoms with Gasteiger partial charge in [0.15, 0.2) is 0 Å². The highest BCUT2D eigenvalue weighted by Crippen LogP contribution is 2.20. The maximum Gasteiger partial charge on any atom is 0.401 e. The molecule has 1 aliphatic rings. The summed E-state index contributed by atoms with van der Waals surface area (Å²) in [6.45, 7) is -0.447. The van der Waals surface area contributed by atoms with E-state index in [9.17, 15) is 18.0 Å². The molecular formula is C13H17F3N4O2. The van der Waals surface area contributed by atoms with Crippen molar-refractivity contribution >= 4 is 11.7 Å². The lowest BCUT2D eigenvalue weighted by Gasteiger charge is -2.18. The summed E-state index contributed by atoms with van der Waals surface area (Å²) in [6, 6.07) is 2.45. The van der Waals surface area contributed by atoms with Crippen molar-refractivity contribution in [2.24, 2.45) is 0 Å². The smallest absolute Gasteiger partial charge is 0.401 e. The molecule has 9 heteroatoms. The number of hydrogen-bond donors (Lipinski definition) is 2. The van der Waals surface area contributed by atoms with Crippen LogP contribution in [0.5, 0.6) is 5.88 Å². The van der Waals surface area contributed by atoms with Crippen LogP contribution in [-0.2, 0) is 0 Å². The Labute approximate surface area is 125 Å². The number of aromatic nitrogens is 1. The molecule has 0 unspecified atom stereocenters. The molecule has 0 bridgehead atoms. The van der Waals surface area contributed by atoms with Crippen LogP contribution in [-0.4, -0.2) is 54.9 Å². The van der Waals surface area contributed by atoms with Crippen LogP contribution in [0, 0.1) is 0 Å². The molecule has 1 saturated heterocycles. The van der Waals surface area contributed by atoms with Crippen molar-refractivity contribution in [3.8, 4) is 5.88 Å². The Bertz CT molecular complexity index is 507. The van der Waals surface area contributed by atoms with E-state index >= 15 is 0 Å². The van der Waals surface area contributed by atoms with Gasteiger partial charge < -0.3 is 15.4 Å². The number of amides is 2. The van der Waals surface area contributed by atoms with Crippen LogP contribution < -0.4 is 15.4 Å².